The van der Waals surface area contributed by atoms with Crippen molar-refractivity contribution in [1.29, 1.82) is 0 Å². The Kier molecular flexibility index (Phi) is 4.38. The fourth-order valence-electron chi connectivity index (χ4n) is 3.19. The van der Waals surface area contributed by atoms with Gasteiger partial charge in [-0.1, -0.05) is 17.7 Å². The molecule has 0 radical (unpaired) electrons. The van der Waals surface area contributed by atoms with Gasteiger partial charge in [0.15, 0.2) is 0 Å². The van der Waals surface area contributed by atoms with Crippen molar-refractivity contribution in [3.05, 3.63) is 53.4 Å². The average Bonchev–Trinajstić information content (AvgIpc) is 3.34. The number of carbonyl (C=O) groups excluding carboxylic acids is 1. The second kappa shape index (κ2) is 6.84. The van der Waals surface area contributed by atoms with Crippen LogP contribution in [-0.4, -0.2) is 45.0 Å². The van der Waals surface area contributed by atoms with Crippen LogP contribution in [0.3, 0.4) is 0 Å². The van der Waals surface area contributed by atoms with Crippen LogP contribution in [0.4, 0.5) is 5.69 Å². The number of aryl methyl sites for hydroxylation is 1. The quantitative estimate of drug-likeness (QED) is 0.739. The number of hydrogen-bond acceptors (Lipinski definition) is 4. The molecule has 4 rings (SSSR count). The summed E-state index contributed by atoms with van der Waals surface area (Å²) < 4.78 is 1.70. The third-order valence-corrected chi connectivity index (χ3v) is 4.76. The first-order valence-corrected chi connectivity index (χ1v) is 8.82. The molecule has 3 aromatic rings. The summed E-state index contributed by atoms with van der Waals surface area (Å²) in [5, 5.41) is 14.9. The lowest BCUT2D eigenvalue weighted by atomic mass is 10.2. The number of amides is 1. The Balaban J connectivity index is 1.39. The monoisotopic (exact) mass is 370 g/mol. The molecule has 7 nitrogen and oxygen atoms in total. The predicted octanol–water partition coefficient (Wildman–Crippen LogP) is 2.47. The van der Waals surface area contributed by atoms with E-state index < -0.39 is 0 Å². The lowest BCUT2D eigenvalue weighted by Crippen LogP contribution is -2.37. The van der Waals surface area contributed by atoms with Gasteiger partial charge in [-0.15, -0.1) is 0 Å². The van der Waals surface area contributed by atoms with Crippen LogP contribution in [0.15, 0.2) is 42.7 Å². The molecule has 1 fully saturated rings. The lowest BCUT2D eigenvalue weighted by molar-refractivity contribution is 0.0935. The highest BCUT2D eigenvalue weighted by molar-refractivity contribution is 6.30. The maximum atomic E-state index is 12.5. The summed E-state index contributed by atoms with van der Waals surface area (Å²) in [7, 11) is 1.84. The van der Waals surface area contributed by atoms with Gasteiger partial charge in [0.05, 0.1) is 11.9 Å². The van der Waals surface area contributed by atoms with Crippen LogP contribution in [0.2, 0.25) is 5.02 Å². The summed E-state index contributed by atoms with van der Waals surface area (Å²) in [5.74, 6) is -0.148. The van der Waals surface area contributed by atoms with Gasteiger partial charge >= 0.3 is 0 Å². The van der Waals surface area contributed by atoms with E-state index in [0.29, 0.717) is 11.4 Å². The molecule has 1 atom stereocenters. The summed E-state index contributed by atoms with van der Waals surface area (Å²) in [6.45, 7) is 1.64. The fourth-order valence-corrected chi connectivity index (χ4v) is 3.37. The number of nitrogens with one attached hydrogen (secondary N) is 2. The molecule has 0 bridgehead atoms. The van der Waals surface area contributed by atoms with Gasteiger partial charge in [0.25, 0.3) is 5.91 Å². The maximum absolute atomic E-state index is 12.5. The minimum Gasteiger partial charge on any atom is -0.369 e. The van der Waals surface area contributed by atoms with Crippen molar-refractivity contribution in [3.8, 4) is 11.3 Å². The molecular weight excluding hydrogens is 352 g/mol. The molecule has 3 heterocycles. The topological polar surface area (TPSA) is 78.8 Å². The van der Waals surface area contributed by atoms with Crippen molar-refractivity contribution in [1.82, 2.24) is 25.3 Å². The van der Waals surface area contributed by atoms with E-state index in [0.717, 1.165) is 35.8 Å². The molecule has 8 heteroatoms. The van der Waals surface area contributed by atoms with Crippen molar-refractivity contribution in [2.75, 3.05) is 18.0 Å². The zero-order valence-electron chi connectivity index (χ0n) is 14.3. The van der Waals surface area contributed by atoms with Gasteiger partial charge < -0.3 is 10.2 Å². The Morgan fingerprint density at radius 1 is 1.38 bits per heavy atom. The summed E-state index contributed by atoms with van der Waals surface area (Å²) >= 11 is 6.06. The molecule has 1 aliphatic rings. The second-order valence-corrected chi connectivity index (χ2v) is 6.89. The third-order valence-electron chi connectivity index (χ3n) is 4.52. The SMILES string of the molecule is Cn1cc(-c2cc(C(=O)NC3CCN(c4cccc(Cl)c4)C3)[nH]n2)cn1. The van der Waals surface area contributed by atoms with E-state index in [1.165, 1.54) is 0 Å². The number of carbonyl (C=O) groups is 1. The zero-order valence-corrected chi connectivity index (χ0v) is 15.1. The van der Waals surface area contributed by atoms with E-state index in [4.69, 9.17) is 11.6 Å². The van der Waals surface area contributed by atoms with Gasteiger partial charge in [-0.25, -0.2) is 0 Å². The number of H-pyrrole nitrogens is 1. The molecule has 26 heavy (non-hydrogen) atoms. The lowest BCUT2D eigenvalue weighted by Gasteiger charge is -2.19. The number of halogens is 1. The van der Waals surface area contributed by atoms with Gasteiger partial charge in [0, 0.05) is 48.6 Å². The van der Waals surface area contributed by atoms with Crippen LogP contribution in [0, 0.1) is 0 Å². The minimum atomic E-state index is -0.148. The average molecular weight is 371 g/mol. The Morgan fingerprint density at radius 3 is 3.04 bits per heavy atom. The van der Waals surface area contributed by atoms with Crippen molar-refractivity contribution in [2.45, 2.75) is 12.5 Å². The number of aromatic nitrogens is 4. The second-order valence-electron chi connectivity index (χ2n) is 6.45. The van der Waals surface area contributed by atoms with Gasteiger partial charge in [0.2, 0.25) is 0 Å². The molecule has 2 N–H and O–H groups in total. The number of nitrogens with zero attached hydrogens (tertiary/aromatic N) is 4. The molecule has 1 saturated heterocycles. The normalized spacial score (nSPS) is 16.8. The number of aromatic amines is 1. The first-order valence-electron chi connectivity index (χ1n) is 8.44. The van der Waals surface area contributed by atoms with Gasteiger partial charge in [-0.2, -0.15) is 10.2 Å². The van der Waals surface area contributed by atoms with E-state index in [2.05, 4.69) is 25.5 Å². The highest BCUT2D eigenvalue weighted by Crippen LogP contribution is 2.23. The molecule has 1 amide bonds. The smallest absolute Gasteiger partial charge is 0.269 e. The van der Waals surface area contributed by atoms with Crippen LogP contribution in [0.25, 0.3) is 11.3 Å². The number of hydrogen-bond donors (Lipinski definition) is 2. The molecule has 0 saturated carbocycles. The molecule has 134 valence electrons. The first kappa shape index (κ1) is 16.7. The van der Waals surface area contributed by atoms with E-state index in [-0.39, 0.29) is 11.9 Å². The first-order chi connectivity index (χ1) is 12.6. The van der Waals surface area contributed by atoms with Crippen molar-refractivity contribution >= 4 is 23.2 Å². The predicted molar refractivity (Wildman–Crippen MR) is 100 cm³/mol. The Morgan fingerprint density at radius 2 is 2.27 bits per heavy atom. The summed E-state index contributed by atoms with van der Waals surface area (Å²) in [6, 6.07) is 9.61. The largest absolute Gasteiger partial charge is 0.369 e. The Bertz CT molecular complexity index is 933. The van der Waals surface area contributed by atoms with E-state index in [1.54, 1.807) is 16.9 Å². The van der Waals surface area contributed by atoms with Crippen molar-refractivity contribution in [2.24, 2.45) is 7.05 Å². The molecule has 0 aliphatic carbocycles. The summed E-state index contributed by atoms with van der Waals surface area (Å²) in [4.78, 5) is 14.7. The summed E-state index contributed by atoms with van der Waals surface area (Å²) in [5.41, 5.74) is 3.10. The maximum Gasteiger partial charge on any atom is 0.269 e. The number of benzene rings is 1. The van der Waals surface area contributed by atoms with Crippen LogP contribution < -0.4 is 10.2 Å². The van der Waals surface area contributed by atoms with Gasteiger partial charge in [-0.05, 0) is 30.7 Å². The molecule has 1 aromatic carbocycles. The minimum absolute atomic E-state index is 0.0895. The van der Waals surface area contributed by atoms with Crippen LogP contribution in [0.1, 0.15) is 16.9 Å². The van der Waals surface area contributed by atoms with Gasteiger partial charge in [-0.3, -0.25) is 14.6 Å². The fraction of sp³-hybridized carbons (Fsp3) is 0.278. The van der Waals surface area contributed by atoms with Crippen LogP contribution in [0.5, 0.6) is 0 Å². The third kappa shape index (κ3) is 3.43. The Labute approximate surface area is 156 Å². The highest BCUT2D eigenvalue weighted by atomic mass is 35.5. The van der Waals surface area contributed by atoms with Crippen molar-refractivity contribution in [3.63, 3.8) is 0 Å². The summed E-state index contributed by atoms with van der Waals surface area (Å²) in [6.07, 6.45) is 4.47. The molecule has 2 aromatic heterocycles. The van der Waals surface area contributed by atoms with Crippen molar-refractivity contribution < 1.29 is 4.79 Å². The standard InChI is InChI=1S/C18H19ClN6O/c1-24-10-12(9-20-24)16-8-17(23-22-16)18(26)21-14-5-6-25(11-14)15-4-2-3-13(19)7-15/h2-4,7-10,14H,5-6,11H2,1H3,(H,21,26)(H,22,23). The molecule has 1 aliphatic heterocycles. The molecule has 0 spiro atoms. The zero-order chi connectivity index (χ0) is 18.1. The Hall–Kier alpha value is -2.80. The van der Waals surface area contributed by atoms with E-state index >= 15 is 0 Å². The number of rotatable bonds is 4. The van der Waals surface area contributed by atoms with Crippen LogP contribution in [-0.2, 0) is 7.05 Å². The van der Waals surface area contributed by atoms with Gasteiger partial charge in [0.1, 0.15) is 5.69 Å². The molecule has 1 unspecified atom stereocenters. The number of anilines is 1. The highest BCUT2D eigenvalue weighted by Gasteiger charge is 2.25. The van der Waals surface area contributed by atoms with Crippen LogP contribution >= 0.6 is 11.6 Å². The molecular formula is C18H19ClN6O. The van der Waals surface area contributed by atoms with E-state index in [1.807, 2.05) is 37.5 Å². The van der Waals surface area contributed by atoms with E-state index in [9.17, 15) is 4.79 Å².